The van der Waals surface area contributed by atoms with Crippen LogP contribution in [0.5, 0.6) is 0 Å². The molecule has 0 aliphatic carbocycles. The molecule has 1 aromatic heterocycles. The van der Waals surface area contributed by atoms with E-state index in [1.807, 2.05) is 0 Å². The van der Waals surface area contributed by atoms with E-state index >= 15 is 0 Å². The molecule has 1 heterocycles. The van der Waals surface area contributed by atoms with Crippen LogP contribution in [0, 0.1) is 12.7 Å². The van der Waals surface area contributed by atoms with Crippen LogP contribution in [0.3, 0.4) is 0 Å². The summed E-state index contributed by atoms with van der Waals surface area (Å²) in [5, 5.41) is 11.5. The van der Waals surface area contributed by atoms with E-state index in [1.54, 1.807) is 31.2 Å². The van der Waals surface area contributed by atoms with Gasteiger partial charge in [0.25, 0.3) is 5.56 Å². The van der Waals surface area contributed by atoms with Crippen molar-refractivity contribution in [2.45, 2.75) is 13.3 Å². The molecule has 3 aromatic rings. The van der Waals surface area contributed by atoms with E-state index in [9.17, 15) is 14.0 Å². The Morgan fingerprint density at radius 2 is 2.12 bits per heavy atom. The molecule has 134 valence electrons. The summed E-state index contributed by atoms with van der Waals surface area (Å²) in [5.74, 6) is -0.182. The molecule has 0 fully saturated rings. The molecular formula is C18H15ClFN3O3. The number of amides is 1. The highest BCUT2D eigenvalue weighted by Gasteiger charge is 2.16. The first-order valence-electron chi connectivity index (χ1n) is 7.82. The summed E-state index contributed by atoms with van der Waals surface area (Å²) in [7, 11) is 0. The second-order valence-corrected chi connectivity index (χ2v) is 6.12. The van der Waals surface area contributed by atoms with Gasteiger partial charge in [-0.3, -0.25) is 9.36 Å². The quantitative estimate of drug-likeness (QED) is 0.732. The molecule has 0 saturated carbocycles. The molecule has 0 radical (unpaired) electrons. The van der Waals surface area contributed by atoms with E-state index in [-0.39, 0.29) is 23.4 Å². The molecule has 1 amide bonds. The summed E-state index contributed by atoms with van der Waals surface area (Å²) in [4.78, 5) is 28.3. The minimum Gasteiger partial charge on any atom is -0.465 e. The Bertz CT molecular complexity index is 1070. The van der Waals surface area contributed by atoms with Gasteiger partial charge in [-0.25, -0.2) is 14.2 Å². The van der Waals surface area contributed by atoms with Gasteiger partial charge in [0.05, 0.1) is 21.6 Å². The van der Waals surface area contributed by atoms with E-state index in [0.717, 1.165) is 0 Å². The molecule has 8 heteroatoms. The Morgan fingerprint density at radius 1 is 1.35 bits per heavy atom. The van der Waals surface area contributed by atoms with Gasteiger partial charge in [-0.15, -0.1) is 0 Å². The molecule has 0 saturated heterocycles. The van der Waals surface area contributed by atoms with Gasteiger partial charge >= 0.3 is 6.09 Å². The number of hydrogen-bond donors (Lipinski definition) is 2. The third-order valence-electron chi connectivity index (χ3n) is 3.95. The third-order valence-corrected chi connectivity index (χ3v) is 4.27. The van der Waals surface area contributed by atoms with Crippen molar-refractivity contribution in [1.82, 2.24) is 14.9 Å². The maximum atomic E-state index is 13.8. The molecule has 0 aliphatic rings. The van der Waals surface area contributed by atoms with Gasteiger partial charge in [-0.05, 0) is 36.8 Å². The van der Waals surface area contributed by atoms with Crippen LogP contribution >= 0.6 is 11.6 Å². The molecule has 0 unspecified atom stereocenters. The minimum absolute atomic E-state index is 0.0577. The fraction of sp³-hybridized carbons (Fsp3) is 0.167. The summed E-state index contributed by atoms with van der Waals surface area (Å²) in [6.07, 6.45) is -1.02. The molecule has 0 aliphatic heterocycles. The Balaban J connectivity index is 2.28. The first-order chi connectivity index (χ1) is 12.4. The van der Waals surface area contributed by atoms with Crippen LogP contribution in [-0.4, -0.2) is 27.3 Å². The fourth-order valence-electron chi connectivity index (χ4n) is 2.76. The molecule has 3 rings (SSSR count). The second-order valence-electron chi connectivity index (χ2n) is 5.72. The monoisotopic (exact) mass is 375 g/mol. The summed E-state index contributed by atoms with van der Waals surface area (Å²) in [5.41, 5.74) is 0.988. The van der Waals surface area contributed by atoms with Gasteiger partial charge in [0.15, 0.2) is 0 Å². The Morgan fingerprint density at radius 3 is 2.85 bits per heavy atom. The highest BCUT2D eigenvalue weighted by Crippen LogP contribution is 2.22. The largest absolute Gasteiger partial charge is 0.465 e. The van der Waals surface area contributed by atoms with Gasteiger partial charge in [0.2, 0.25) is 0 Å². The van der Waals surface area contributed by atoms with E-state index in [0.29, 0.717) is 22.6 Å². The highest BCUT2D eigenvalue weighted by molar-refractivity contribution is 6.35. The van der Waals surface area contributed by atoms with Crippen LogP contribution in [-0.2, 0) is 6.42 Å². The average Bonchev–Trinajstić information content (AvgIpc) is 2.57. The topological polar surface area (TPSA) is 84.2 Å². The Hall–Kier alpha value is -2.93. The number of benzene rings is 2. The molecule has 26 heavy (non-hydrogen) atoms. The van der Waals surface area contributed by atoms with E-state index < -0.39 is 17.5 Å². The number of rotatable bonds is 4. The summed E-state index contributed by atoms with van der Waals surface area (Å²) in [6, 6.07) is 9.02. The van der Waals surface area contributed by atoms with Crippen molar-refractivity contribution < 1.29 is 14.3 Å². The van der Waals surface area contributed by atoms with Crippen molar-refractivity contribution in [2.24, 2.45) is 0 Å². The highest BCUT2D eigenvalue weighted by atomic mass is 35.5. The van der Waals surface area contributed by atoms with Crippen LogP contribution in [0.15, 0.2) is 41.2 Å². The van der Waals surface area contributed by atoms with Crippen molar-refractivity contribution in [3.63, 3.8) is 0 Å². The number of halogens is 2. The van der Waals surface area contributed by atoms with E-state index in [2.05, 4.69) is 10.3 Å². The number of aromatic nitrogens is 2. The van der Waals surface area contributed by atoms with Gasteiger partial charge in [0, 0.05) is 13.0 Å². The number of carbonyl (C=O) groups is 1. The Kier molecular flexibility index (Phi) is 4.90. The molecule has 0 spiro atoms. The van der Waals surface area contributed by atoms with Crippen molar-refractivity contribution in [2.75, 3.05) is 6.54 Å². The zero-order valence-electron chi connectivity index (χ0n) is 13.8. The summed E-state index contributed by atoms with van der Waals surface area (Å²) >= 11 is 6.17. The molecule has 2 aromatic carbocycles. The zero-order chi connectivity index (χ0) is 18.8. The number of fused-ring (bicyclic) bond motifs is 1. The lowest BCUT2D eigenvalue weighted by molar-refractivity contribution is 0.194. The predicted octanol–water partition coefficient (Wildman–Crippen LogP) is 3.30. The maximum absolute atomic E-state index is 13.8. The first kappa shape index (κ1) is 17.9. The number of nitrogens with one attached hydrogen (secondary N) is 1. The third kappa shape index (κ3) is 3.39. The Labute approximate surface area is 152 Å². The smallest absolute Gasteiger partial charge is 0.404 e. The lowest BCUT2D eigenvalue weighted by atomic mass is 10.1. The maximum Gasteiger partial charge on any atom is 0.404 e. The van der Waals surface area contributed by atoms with Crippen molar-refractivity contribution in [3.8, 4) is 5.69 Å². The van der Waals surface area contributed by atoms with Crippen LogP contribution in [0.25, 0.3) is 16.6 Å². The van der Waals surface area contributed by atoms with E-state index in [1.165, 1.54) is 16.7 Å². The van der Waals surface area contributed by atoms with Crippen molar-refractivity contribution >= 4 is 28.6 Å². The van der Waals surface area contributed by atoms with Gasteiger partial charge in [-0.2, -0.15) is 0 Å². The number of nitrogens with zero attached hydrogens (tertiary/aromatic N) is 2. The van der Waals surface area contributed by atoms with Gasteiger partial charge < -0.3 is 10.4 Å². The molecule has 0 bridgehead atoms. The number of aryl methyl sites for hydroxylation is 1. The lowest BCUT2D eigenvalue weighted by Gasteiger charge is -2.16. The van der Waals surface area contributed by atoms with Crippen LogP contribution in [0.2, 0.25) is 5.02 Å². The summed E-state index contributed by atoms with van der Waals surface area (Å²) in [6.45, 7) is 1.81. The molecule has 6 nitrogen and oxygen atoms in total. The van der Waals surface area contributed by atoms with Crippen LogP contribution in [0.1, 0.15) is 11.4 Å². The van der Waals surface area contributed by atoms with Crippen LogP contribution in [0.4, 0.5) is 9.18 Å². The van der Waals surface area contributed by atoms with Crippen molar-refractivity contribution in [3.05, 3.63) is 69.0 Å². The van der Waals surface area contributed by atoms with Gasteiger partial charge in [0.1, 0.15) is 11.6 Å². The predicted molar refractivity (Wildman–Crippen MR) is 96.8 cm³/mol. The zero-order valence-corrected chi connectivity index (χ0v) is 14.5. The van der Waals surface area contributed by atoms with Crippen LogP contribution < -0.4 is 10.9 Å². The summed E-state index contributed by atoms with van der Waals surface area (Å²) < 4.78 is 15.1. The average molecular weight is 376 g/mol. The standard InChI is InChI=1S/C18H15ClFN3O3/c1-10-5-6-11(20)9-14(10)23-15(7-8-21-18(25)26)22-13-4-2-3-12(19)16(13)17(23)24/h2-6,9,21H,7-8H2,1H3,(H,25,26). The van der Waals surface area contributed by atoms with Crippen molar-refractivity contribution in [1.29, 1.82) is 0 Å². The first-order valence-corrected chi connectivity index (χ1v) is 8.19. The normalized spacial score (nSPS) is 10.9. The molecular weight excluding hydrogens is 361 g/mol. The minimum atomic E-state index is -1.18. The lowest BCUT2D eigenvalue weighted by Crippen LogP contribution is -2.29. The van der Waals surface area contributed by atoms with E-state index in [4.69, 9.17) is 16.7 Å². The fourth-order valence-corrected chi connectivity index (χ4v) is 3.01. The second kappa shape index (κ2) is 7.13. The number of carboxylic acid groups (broad SMARTS) is 1. The van der Waals surface area contributed by atoms with Gasteiger partial charge in [-0.1, -0.05) is 23.7 Å². The molecule has 2 N–H and O–H groups in total. The SMILES string of the molecule is Cc1ccc(F)cc1-n1c(CCNC(=O)O)nc2cccc(Cl)c2c1=O. The number of hydrogen-bond acceptors (Lipinski definition) is 3. The molecule has 0 atom stereocenters.